The molecule has 7 nitrogen and oxygen atoms in total. The fourth-order valence-electron chi connectivity index (χ4n) is 3.71. The quantitative estimate of drug-likeness (QED) is 0.770. The van der Waals surface area contributed by atoms with Crippen molar-refractivity contribution in [2.24, 2.45) is 0 Å². The predicted molar refractivity (Wildman–Crippen MR) is 105 cm³/mol. The van der Waals surface area contributed by atoms with Crippen LogP contribution in [0.25, 0.3) is 11.1 Å². The lowest BCUT2D eigenvalue weighted by Crippen LogP contribution is -2.19. The third-order valence-corrected chi connectivity index (χ3v) is 4.99. The lowest BCUT2D eigenvalue weighted by Gasteiger charge is -2.19. The lowest BCUT2D eigenvalue weighted by molar-refractivity contribution is -0.110. The summed E-state index contributed by atoms with van der Waals surface area (Å²) in [6, 6.07) is 6.50. The number of amides is 1. The summed E-state index contributed by atoms with van der Waals surface area (Å²) in [5, 5.41) is 2.85. The fraction of sp³-hybridized carbons (Fsp3) is 0.333. The van der Waals surface area contributed by atoms with E-state index < -0.39 is 0 Å². The highest BCUT2D eigenvalue weighted by molar-refractivity contribution is 5.83. The van der Waals surface area contributed by atoms with Crippen molar-refractivity contribution in [1.29, 1.82) is 0 Å². The maximum Gasteiger partial charge on any atom is 0.220 e. The number of carbonyl (C=O) groups is 1. The van der Waals surface area contributed by atoms with Gasteiger partial charge in [0.15, 0.2) is 17.2 Å². The van der Waals surface area contributed by atoms with E-state index in [0.717, 1.165) is 22.3 Å². The van der Waals surface area contributed by atoms with Crippen molar-refractivity contribution in [3.63, 3.8) is 0 Å². The van der Waals surface area contributed by atoms with E-state index in [2.05, 4.69) is 5.32 Å². The molecule has 0 spiro atoms. The van der Waals surface area contributed by atoms with Crippen LogP contribution in [0.3, 0.4) is 0 Å². The largest absolute Gasteiger partial charge is 0.493 e. The molecule has 148 valence electrons. The minimum absolute atomic E-state index is 0.210. The van der Waals surface area contributed by atoms with Crippen LogP contribution < -0.4 is 29.7 Å². The second-order valence-electron chi connectivity index (χ2n) is 6.33. The number of carbonyl (C=O) groups excluding carboxylic acids is 1. The molecule has 2 aromatic rings. The van der Waals surface area contributed by atoms with Crippen molar-refractivity contribution < 1.29 is 23.7 Å². The number of aryl methyl sites for hydroxylation is 1. The summed E-state index contributed by atoms with van der Waals surface area (Å²) in [5.41, 5.74) is 3.08. The van der Waals surface area contributed by atoms with Gasteiger partial charge in [-0.2, -0.15) is 0 Å². The van der Waals surface area contributed by atoms with Gasteiger partial charge < -0.3 is 24.3 Å². The van der Waals surface area contributed by atoms with Gasteiger partial charge in [0.2, 0.25) is 17.6 Å². The van der Waals surface area contributed by atoms with Gasteiger partial charge in [-0.1, -0.05) is 0 Å². The molecule has 0 bridgehead atoms. The average Bonchev–Trinajstić information content (AvgIpc) is 2.96. The van der Waals surface area contributed by atoms with Gasteiger partial charge in [-0.25, -0.2) is 0 Å². The standard InChI is InChI=1S/C21H23NO6/c1-25-17-10-14-13(6-8-16(17)24)19-12(5-7-15(14)22-11-23)9-18(26-2)20(27-3)21(19)28-4/h6,8-11,15H,5,7H2,1-4H3,(H,22,23)/t15-/m0/s1. The molecule has 0 saturated carbocycles. The maximum absolute atomic E-state index is 12.4. The number of hydrogen-bond donors (Lipinski definition) is 1. The first kappa shape index (κ1) is 19.5. The molecule has 0 saturated heterocycles. The van der Waals surface area contributed by atoms with Crippen molar-refractivity contribution in [3.8, 4) is 34.1 Å². The van der Waals surface area contributed by atoms with Crippen LogP contribution >= 0.6 is 0 Å². The van der Waals surface area contributed by atoms with Gasteiger partial charge in [0, 0.05) is 5.56 Å². The number of methoxy groups -OCH3 is 4. The molecule has 3 rings (SSSR count). The zero-order valence-corrected chi connectivity index (χ0v) is 16.3. The first-order chi connectivity index (χ1) is 13.6. The van der Waals surface area contributed by atoms with Crippen LogP contribution in [-0.2, 0) is 11.2 Å². The molecule has 0 aliphatic heterocycles. The van der Waals surface area contributed by atoms with Crippen LogP contribution in [-0.4, -0.2) is 34.8 Å². The molecule has 2 aromatic carbocycles. The molecule has 28 heavy (non-hydrogen) atoms. The number of benzene rings is 1. The highest BCUT2D eigenvalue weighted by Crippen LogP contribution is 2.50. The van der Waals surface area contributed by atoms with E-state index >= 15 is 0 Å². The monoisotopic (exact) mass is 385 g/mol. The van der Waals surface area contributed by atoms with E-state index in [1.807, 2.05) is 6.07 Å². The van der Waals surface area contributed by atoms with Crippen molar-refractivity contribution in [1.82, 2.24) is 5.32 Å². The van der Waals surface area contributed by atoms with Gasteiger partial charge in [-0.15, -0.1) is 0 Å². The maximum atomic E-state index is 12.4. The number of ether oxygens (including phenoxy) is 4. The summed E-state index contributed by atoms with van der Waals surface area (Å²) >= 11 is 0. The lowest BCUT2D eigenvalue weighted by atomic mass is 9.95. The molecule has 0 heterocycles. The third-order valence-electron chi connectivity index (χ3n) is 4.99. The van der Waals surface area contributed by atoms with Crippen LogP contribution in [0.5, 0.6) is 23.0 Å². The van der Waals surface area contributed by atoms with E-state index in [9.17, 15) is 9.59 Å². The van der Waals surface area contributed by atoms with Crippen LogP contribution in [0.15, 0.2) is 29.1 Å². The topological polar surface area (TPSA) is 83.1 Å². The zero-order chi connectivity index (χ0) is 20.3. The number of fused-ring (bicyclic) bond motifs is 3. The van der Waals surface area contributed by atoms with Gasteiger partial charge in [0.25, 0.3) is 0 Å². The highest BCUT2D eigenvalue weighted by atomic mass is 16.5. The zero-order valence-electron chi connectivity index (χ0n) is 16.3. The first-order valence-electron chi connectivity index (χ1n) is 8.83. The summed E-state index contributed by atoms with van der Waals surface area (Å²) in [6.07, 6.45) is 1.97. The van der Waals surface area contributed by atoms with Crippen molar-refractivity contribution in [2.75, 3.05) is 28.4 Å². The first-order valence-corrected chi connectivity index (χ1v) is 8.83. The predicted octanol–water partition coefficient (Wildman–Crippen LogP) is 2.48. The highest BCUT2D eigenvalue weighted by Gasteiger charge is 2.29. The van der Waals surface area contributed by atoms with Crippen molar-refractivity contribution in [3.05, 3.63) is 45.6 Å². The Balaban J connectivity index is 2.43. The summed E-state index contributed by atoms with van der Waals surface area (Å²) < 4.78 is 22.0. The molecule has 7 heteroatoms. The SMILES string of the molecule is COc1cc2c(c(OC)c1OC)-c1ccc(=O)c(OC)cc1[C@@H](NC=O)CC2. The summed E-state index contributed by atoms with van der Waals surface area (Å²) in [4.78, 5) is 23.6. The van der Waals surface area contributed by atoms with Crippen LogP contribution in [0.4, 0.5) is 0 Å². The number of rotatable bonds is 6. The molecular formula is C21H23NO6. The van der Waals surface area contributed by atoms with Gasteiger partial charge >= 0.3 is 0 Å². The van der Waals surface area contributed by atoms with Gasteiger partial charge in [-0.3, -0.25) is 9.59 Å². The number of nitrogens with one attached hydrogen (secondary N) is 1. The van der Waals surface area contributed by atoms with Gasteiger partial charge in [0.05, 0.1) is 34.5 Å². The van der Waals surface area contributed by atoms with Crippen LogP contribution in [0.1, 0.15) is 23.6 Å². The summed E-state index contributed by atoms with van der Waals surface area (Å²) in [7, 11) is 6.13. The molecular weight excluding hydrogens is 362 g/mol. The Morgan fingerprint density at radius 3 is 2.29 bits per heavy atom. The Morgan fingerprint density at radius 2 is 1.68 bits per heavy atom. The molecule has 0 unspecified atom stereocenters. The molecule has 0 radical (unpaired) electrons. The minimum Gasteiger partial charge on any atom is -0.493 e. The molecule has 0 fully saturated rings. The molecule has 1 amide bonds. The van der Waals surface area contributed by atoms with Gasteiger partial charge in [-0.05, 0) is 53.8 Å². The minimum atomic E-state index is -0.290. The Bertz CT molecular complexity index is 956. The summed E-state index contributed by atoms with van der Waals surface area (Å²) in [6.45, 7) is 0. The Morgan fingerprint density at radius 1 is 0.964 bits per heavy atom. The van der Waals surface area contributed by atoms with Crippen LogP contribution in [0, 0.1) is 0 Å². The smallest absolute Gasteiger partial charge is 0.220 e. The Labute approximate surface area is 163 Å². The Hall–Kier alpha value is -3.22. The fourth-order valence-corrected chi connectivity index (χ4v) is 3.71. The summed E-state index contributed by atoms with van der Waals surface area (Å²) in [5.74, 6) is 1.76. The second-order valence-corrected chi connectivity index (χ2v) is 6.33. The molecule has 1 N–H and O–H groups in total. The molecule has 1 aliphatic carbocycles. The molecule has 0 aromatic heterocycles. The van der Waals surface area contributed by atoms with E-state index in [-0.39, 0.29) is 17.2 Å². The van der Waals surface area contributed by atoms with Crippen molar-refractivity contribution >= 4 is 6.41 Å². The van der Waals surface area contributed by atoms with E-state index in [4.69, 9.17) is 18.9 Å². The number of hydrogen-bond acceptors (Lipinski definition) is 6. The van der Waals surface area contributed by atoms with E-state index in [1.165, 1.54) is 13.2 Å². The van der Waals surface area contributed by atoms with E-state index in [1.54, 1.807) is 33.5 Å². The van der Waals surface area contributed by atoms with Gasteiger partial charge in [0.1, 0.15) is 0 Å². The normalized spacial score (nSPS) is 14.8. The van der Waals surface area contributed by atoms with Crippen molar-refractivity contribution in [2.45, 2.75) is 18.9 Å². The van der Waals surface area contributed by atoms with Crippen LogP contribution in [0.2, 0.25) is 0 Å². The van der Waals surface area contributed by atoms with E-state index in [0.29, 0.717) is 36.5 Å². The second kappa shape index (κ2) is 8.21. The molecule has 1 aliphatic rings. The third kappa shape index (κ3) is 3.24. The Kier molecular flexibility index (Phi) is 5.73. The average molecular weight is 385 g/mol. The molecule has 1 atom stereocenters.